The molecule has 1 aromatic rings. The molecule has 1 N–H and O–H groups in total. The van der Waals surface area contributed by atoms with Gasteiger partial charge >= 0.3 is 0 Å². The molecule has 5 nitrogen and oxygen atoms in total. The van der Waals surface area contributed by atoms with Crippen molar-refractivity contribution in [3.05, 3.63) is 18.2 Å². The molecule has 2 atom stereocenters. The predicted molar refractivity (Wildman–Crippen MR) is 74.1 cm³/mol. The molecule has 0 saturated heterocycles. The molecule has 0 spiro atoms. The molecule has 0 fully saturated rings. The largest absolute Gasteiger partial charge is 0.489 e. The summed E-state index contributed by atoms with van der Waals surface area (Å²) < 4.78 is 16.2. The highest BCUT2D eigenvalue weighted by atomic mass is 79.9. The van der Waals surface area contributed by atoms with E-state index in [2.05, 4.69) is 21.2 Å². The number of ether oxygens (including phenoxy) is 3. The summed E-state index contributed by atoms with van der Waals surface area (Å²) in [6.07, 6.45) is -0.129. The first kappa shape index (κ1) is 14.0. The molecule has 1 aromatic carbocycles. The monoisotopic (exact) mass is 329 g/mol. The summed E-state index contributed by atoms with van der Waals surface area (Å²) in [5.41, 5.74) is 0. The van der Waals surface area contributed by atoms with Gasteiger partial charge in [-0.1, -0.05) is 15.9 Å². The fraction of sp³-hybridized carbons (Fsp3) is 0.462. The lowest BCUT2D eigenvalue weighted by atomic mass is 10.3. The molecular formula is C13H16BrNO4. The summed E-state index contributed by atoms with van der Waals surface area (Å²) in [5, 5.41) is 2.79. The van der Waals surface area contributed by atoms with E-state index in [1.807, 2.05) is 19.1 Å². The quantitative estimate of drug-likeness (QED) is 0.840. The molecule has 19 heavy (non-hydrogen) atoms. The van der Waals surface area contributed by atoms with Gasteiger partial charge in [-0.2, -0.15) is 0 Å². The van der Waals surface area contributed by atoms with Crippen LogP contribution in [0.2, 0.25) is 0 Å². The topological polar surface area (TPSA) is 56.8 Å². The van der Waals surface area contributed by atoms with Gasteiger partial charge in [-0.25, -0.2) is 0 Å². The van der Waals surface area contributed by atoms with Crippen molar-refractivity contribution >= 4 is 21.8 Å². The fourth-order valence-corrected chi connectivity index (χ4v) is 1.77. The number of halogens is 1. The van der Waals surface area contributed by atoms with Crippen LogP contribution in [0.4, 0.5) is 0 Å². The first-order chi connectivity index (χ1) is 9.06. The van der Waals surface area contributed by atoms with Crippen molar-refractivity contribution in [2.24, 2.45) is 0 Å². The highest BCUT2D eigenvalue weighted by Crippen LogP contribution is 2.35. The predicted octanol–water partition coefficient (Wildman–Crippen LogP) is 2.08. The van der Waals surface area contributed by atoms with E-state index in [9.17, 15) is 4.79 Å². The molecule has 2 rings (SSSR count). The highest BCUT2D eigenvalue weighted by Gasteiger charge is 2.15. The Hall–Kier alpha value is -1.43. The third-order valence-electron chi connectivity index (χ3n) is 2.61. The van der Waals surface area contributed by atoms with E-state index in [4.69, 9.17) is 14.2 Å². The number of fused-ring (bicyclic) bond motifs is 1. The summed E-state index contributed by atoms with van der Waals surface area (Å²) >= 11 is 3.21. The van der Waals surface area contributed by atoms with Gasteiger partial charge in [0.15, 0.2) is 11.5 Å². The Morgan fingerprint density at radius 3 is 2.89 bits per heavy atom. The van der Waals surface area contributed by atoms with Gasteiger partial charge in [0.2, 0.25) is 12.7 Å². The molecule has 0 radical (unpaired) electrons. The van der Waals surface area contributed by atoms with Gasteiger partial charge in [0.1, 0.15) is 11.9 Å². The average molecular weight is 330 g/mol. The van der Waals surface area contributed by atoms with Gasteiger partial charge in [-0.15, -0.1) is 0 Å². The van der Waals surface area contributed by atoms with Crippen molar-refractivity contribution in [3.8, 4) is 17.2 Å². The lowest BCUT2D eigenvalue weighted by Crippen LogP contribution is -2.36. The van der Waals surface area contributed by atoms with Gasteiger partial charge in [0, 0.05) is 6.07 Å². The van der Waals surface area contributed by atoms with E-state index in [1.54, 1.807) is 13.0 Å². The second kappa shape index (κ2) is 6.14. The molecule has 0 saturated carbocycles. The molecule has 0 aliphatic carbocycles. The third-order valence-corrected chi connectivity index (χ3v) is 3.02. The fourth-order valence-electron chi connectivity index (χ4n) is 1.61. The Labute approximate surface area is 120 Å². The van der Waals surface area contributed by atoms with Crippen molar-refractivity contribution in [3.63, 3.8) is 0 Å². The standard InChI is InChI=1S/C13H16BrNO4/c1-8(6-15-13(16)9(2)14)19-10-3-4-11-12(5-10)18-7-17-11/h3-5,8-9H,6-7H2,1-2H3,(H,15,16). The minimum absolute atomic E-state index is 0.0545. The molecule has 1 amide bonds. The first-order valence-corrected chi connectivity index (χ1v) is 6.96. The lowest BCUT2D eigenvalue weighted by molar-refractivity contribution is -0.120. The van der Waals surface area contributed by atoms with Crippen molar-refractivity contribution in [1.29, 1.82) is 0 Å². The van der Waals surface area contributed by atoms with Crippen LogP contribution in [0.15, 0.2) is 18.2 Å². The van der Waals surface area contributed by atoms with E-state index in [-0.39, 0.29) is 23.6 Å². The summed E-state index contributed by atoms with van der Waals surface area (Å²) in [7, 11) is 0. The molecule has 1 heterocycles. The van der Waals surface area contributed by atoms with Gasteiger partial charge in [0.25, 0.3) is 0 Å². The highest BCUT2D eigenvalue weighted by molar-refractivity contribution is 9.10. The first-order valence-electron chi connectivity index (χ1n) is 6.04. The number of carbonyl (C=O) groups is 1. The zero-order valence-electron chi connectivity index (χ0n) is 10.8. The molecule has 104 valence electrons. The number of alkyl halides is 1. The molecule has 1 aliphatic rings. The molecular weight excluding hydrogens is 314 g/mol. The van der Waals surface area contributed by atoms with Crippen LogP contribution in [0, 0.1) is 0 Å². The second-order valence-corrected chi connectivity index (χ2v) is 5.68. The molecule has 0 aromatic heterocycles. The van der Waals surface area contributed by atoms with Crippen LogP contribution in [-0.2, 0) is 4.79 Å². The van der Waals surface area contributed by atoms with Crippen LogP contribution >= 0.6 is 15.9 Å². The van der Waals surface area contributed by atoms with Crippen LogP contribution < -0.4 is 19.5 Å². The van der Waals surface area contributed by atoms with E-state index in [0.717, 1.165) is 5.75 Å². The number of hydrogen-bond donors (Lipinski definition) is 1. The zero-order chi connectivity index (χ0) is 13.8. The lowest BCUT2D eigenvalue weighted by Gasteiger charge is -2.16. The van der Waals surface area contributed by atoms with E-state index < -0.39 is 0 Å². The Bertz CT molecular complexity index is 464. The van der Waals surface area contributed by atoms with Crippen LogP contribution in [0.3, 0.4) is 0 Å². The number of hydrogen-bond acceptors (Lipinski definition) is 4. The maximum Gasteiger partial charge on any atom is 0.233 e. The summed E-state index contributed by atoms with van der Waals surface area (Å²) in [4.78, 5) is 11.2. The van der Waals surface area contributed by atoms with Gasteiger partial charge in [-0.3, -0.25) is 4.79 Å². The Kier molecular flexibility index (Phi) is 4.52. The zero-order valence-corrected chi connectivity index (χ0v) is 12.4. The van der Waals surface area contributed by atoms with Gasteiger partial charge < -0.3 is 19.5 Å². The van der Waals surface area contributed by atoms with Crippen molar-refractivity contribution < 1.29 is 19.0 Å². The third kappa shape index (κ3) is 3.76. The van der Waals surface area contributed by atoms with Crippen molar-refractivity contribution in [2.75, 3.05) is 13.3 Å². The normalized spacial score (nSPS) is 15.7. The van der Waals surface area contributed by atoms with E-state index >= 15 is 0 Å². The maximum absolute atomic E-state index is 11.4. The van der Waals surface area contributed by atoms with Crippen LogP contribution in [0.1, 0.15) is 13.8 Å². The van der Waals surface area contributed by atoms with E-state index in [1.165, 1.54) is 0 Å². The Morgan fingerprint density at radius 2 is 2.16 bits per heavy atom. The molecule has 0 bridgehead atoms. The summed E-state index contributed by atoms with van der Waals surface area (Å²) in [6, 6.07) is 5.41. The average Bonchev–Trinajstić information content (AvgIpc) is 2.83. The number of rotatable bonds is 5. The molecule has 1 aliphatic heterocycles. The summed E-state index contributed by atoms with van der Waals surface area (Å²) in [5.74, 6) is 2.04. The van der Waals surface area contributed by atoms with Crippen LogP contribution in [-0.4, -0.2) is 30.2 Å². The SMILES string of the molecule is CC(CNC(=O)C(C)Br)Oc1ccc2c(c1)OCO2. The van der Waals surface area contributed by atoms with Crippen LogP contribution in [0.25, 0.3) is 0 Å². The number of carbonyl (C=O) groups excluding carboxylic acids is 1. The maximum atomic E-state index is 11.4. The summed E-state index contributed by atoms with van der Waals surface area (Å²) in [6.45, 7) is 4.36. The van der Waals surface area contributed by atoms with Crippen LogP contribution in [0.5, 0.6) is 17.2 Å². The minimum Gasteiger partial charge on any atom is -0.489 e. The molecule has 6 heteroatoms. The number of benzene rings is 1. The second-order valence-electron chi connectivity index (χ2n) is 4.30. The van der Waals surface area contributed by atoms with Crippen molar-refractivity contribution in [2.45, 2.75) is 24.8 Å². The minimum atomic E-state index is -0.203. The Morgan fingerprint density at radius 1 is 1.42 bits per heavy atom. The Balaban J connectivity index is 1.85. The van der Waals surface area contributed by atoms with Crippen molar-refractivity contribution in [1.82, 2.24) is 5.32 Å². The number of nitrogens with one attached hydrogen (secondary N) is 1. The smallest absolute Gasteiger partial charge is 0.233 e. The van der Waals surface area contributed by atoms with E-state index in [0.29, 0.717) is 18.0 Å². The molecule has 2 unspecified atom stereocenters. The number of amides is 1. The van der Waals surface area contributed by atoms with Gasteiger partial charge in [-0.05, 0) is 26.0 Å². The van der Waals surface area contributed by atoms with Gasteiger partial charge in [0.05, 0.1) is 11.4 Å².